The first-order chi connectivity index (χ1) is 16.7. The highest BCUT2D eigenvalue weighted by molar-refractivity contribution is 6.03. The molecule has 0 aromatic heterocycles. The number of aliphatic hydroxyl groups is 1. The van der Waals surface area contributed by atoms with Crippen molar-refractivity contribution in [1.29, 1.82) is 0 Å². The summed E-state index contributed by atoms with van der Waals surface area (Å²) in [6.07, 6.45) is 5.31. The van der Waals surface area contributed by atoms with Gasteiger partial charge in [0.25, 0.3) is 0 Å². The Morgan fingerprint density at radius 2 is 1.83 bits per heavy atom. The van der Waals surface area contributed by atoms with E-state index in [1.165, 1.54) is 32.6 Å². The van der Waals surface area contributed by atoms with Gasteiger partial charge in [-0.3, -0.25) is 9.59 Å². The van der Waals surface area contributed by atoms with Gasteiger partial charge in [-0.1, -0.05) is 57.0 Å². The Labute approximate surface area is 208 Å². The molecule has 2 aromatic rings. The first-order valence-electron chi connectivity index (χ1n) is 12.9. The second kappa shape index (κ2) is 10.9. The predicted molar refractivity (Wildman–Crippen MR) is 140 cm³/mol. The Bertz CT molecular complexity index is 1030. The zero-order valence-electron chi connectivity index (χ0n) is 21.1. The average Bonchev–Trinajstić information content (AvgIpc) is 3.33. The zero-order chi connectivity index (χ0) is 25.0. The minimum Gasteiger partial charge on any atom is -0.390 e. The van der Waals surface area contributed by atoms with Crippen molar-refractivity contribution in [2.45, 2.75) is 83.5 Å². The summed E-state index contributed by atoms with van der Waals surface area (Å²) in [6.45, 7) is 5.77. The quantitative estimate of drug-likeness (QED) is 0.430. The molecule has 0 heterocycles. The van der Waals surface area contributed by atoms with E-state index in [4.69, 9.17) is 0 Å². The van der Waals surface area contributed by atoms with Crippen LogP contribution in [0.3, 0.4) is 0 Å². The largest absolute Gasteiger partial charge is 0.390 e. The number of amides is 1. The van der Waals surface area contributed by atoms with Gasteiger partial charge in [-0.05, 0) is 55.0 Å². The SMILES string of the molecule is CC(=O)N[C@@H](Cc1ccccc1)[C@@H](O)CN[C@H]1CC(C)(C)C(=O)c2ccc(NC3CCCC3)cc21. The van der Waals surface area contributed by atoms with Crippen LogP contribution >= 0.6 is 0 Å². The molecule has 0 radical (unpaired) electrons. The van der Waals surface area contributed by atoms with Crippen LogP contribution in [-0.2, 0) is 11.2 Å². The monoisotopic (exact) mass is 477 g/mol. The number of benzene rings is 2. The van der Waals surface area contributed by atoms with E-state index in [2.05, 4.69) is 22.0 Å². The third kappa shape index (κ3) is 6.30. The van der Waals surface area contributed by atoms with Crippen LogP contribution < -0.4 is 16.0 Å². The maximum atomic E-state index is 13.2. The number of fused-ring (bicyclic) bond motifs is 1. The van der Waals surface area contributed by atoms with Crippen molar-refractivity contribution in [3.63, 3.8) is 0 Å². The fraction of sp³-hybridized carbons (Fsp3) is 0.517. The van der Waals surface area contributed by atoms with Crippen LogP contribution in [0.25, 0.3) is 0 Å². The number of anilines is 1. The average molecular weight is 478 g/mol. The van der Waals surface area contributed by atoms with Crippen LogP contribution in [0, 0.1) is 5.41 Å². The van der Waals surface area contributed by atoms with Crippen LogP contribution in [0.4, 0.5) is 5.69 Å². The zero-order valence-corrected chi connectivity index (χ0v) is 21.1. The summed E-state index contributed by atoms with van der Waals surface area (Å²) in [5.74, 6) is 0.000988. The Morgan fingerprint density at radius 1 is 1.11 bits per heavy atom. The van der Waals surface area contributed by atoms with Crippen molar-refractivity contribution in [2.75, 3.05) is 11.9 Å². The highest BCUT2D eigenvalue weighted by Crippen LogP contribution is 2.41. The van der Waals surface area contributed by atoms with E-state index in [1.54, 1.807) is 0 Å². The second-order valence-corrected chi connectivity index (χ2v) is 10.9. The van der Waals surface area contributed by atoms with Gasteiger partial charge >= 0.3 is 0 Å². The van der Waals surface area contributed by atoms with E-state index in [9.17, 15) is 14.7 Å². The van der Waals surface area contributed by atoms with Gasteiger partial charge in [0.05, 0.1) is 12.1 Å². The summed E-state index contributed by atoms with van der Waals surface area (Å²) in [6, 6.07) is 16.0. The molecular formula is C29H39N3O3. The standard InChI is InChI=1S/C29H39N3O3/c1-19(33)31-25(15-20-9-5-4-6-10-20)27(34)18-30-26-17-29(2,3)28(35)23-14-13-22(16-24(23)26)32-21-11-7-8-12-21/h4-6,9-10,13-14,16,21,25-27,30,32,34H,7-8,11-12,15,17-18H2,1-3H3,(H,31,33)/t25-,26-,27-/m0/s1. The lowest BCUT2D eigenvalue weighted by Crippen LogP contribution is -2.49. The lowest BCUT2D eigenvalue weighted by molar-refractivity contribution is -0.120. The molecule has 1 fully saturated rings. The van der Waals surface area contributed by atoms with Gasteiger partial charge < -0.3 is 21.1 Å². The highest BCUT2D eigenvalue weighted by atomic mass is 16.3. The van der Waals surface area contributed by atoms with Gasteiger partial charge in [0.15, 0.2) is 5.78 Å². The molecule has 2 aromatic carbocycles. The number of aliphatic hydroxyl groups excluding tert-OH is 1. The highest BCUT2D eigenvalue weighted by Gasteiger charge is 2.39. The molecule has 0 spiro atoms. The Kier molecular flexibility index (Phi) is 7.92. The fourth-order valence-corrected chi connectivity index (χ4v) is 5.53. The van der Waals surface area contributed by atoms with E-state index in [0.717, 1.165) is 22.4 Å². The van der Waals surface area contributed by atoms with E-state index >= 15 is 0 Å². The topological polar surface area (TPSA) is 90.5 Å². The molecule has 0 aliphatic heterocycles. The van der Waals surface area contributed by atoms with Crippen molar-refractivity contribution in [3.8, 4) is 0 Å². The molecule has 0 saturated heterocycles. The Balaban J connectivity index is 1.50. The molecule has 188 valence electrons. The van der Waals surface area contributed by atoms with Crippen LogP contribution in [0.15, 0.2) is 48.5 Å². The molecule has 3 atom stereocenters. The maximum absolute atomic E-state index is 13.2. The van der Waals surface area contributed by atoms with E-state index in [-0.39, 0.29) is 17.7 Å². The first kappa shape index (κ1) is 25.4. The third-order valence-corrected chi connectivity index (χ3v) is 7.45. The van der Waals surface area contributed by atoms with Crippen molar-refractivity contribution >= 4 is 17.4 Å². The number of nitrogens with one attached hydrogen (secondary N) is 3. The van der Waals surface area contributed by atoms with Crippen LogP contribution in [0.5, 0.6) is 0 Å². The summed E-state index contributed by atoms with van der Waals surface area (Å²) in [4.78, 5) is 25.0. The minimum atomic E-state index is -0.775. The van der Waals surface area contributed by atoms with Crippen LogP contribution in [-0.4, -0.2) is 41.5 Å². The van der Waals surface area contributed by atoms with E-state index in [0.29, 0.717) is 25.4 Å². The normalized spacial score (nSPS) is 21.3. The number of Topliss-reactive ketones (excluding diaryl/α,β-unsaturated/α-hetero) is 1. The number of carbonyl (C=O) groups is 2. The smallest absolute Gasteiger partial charge is 0.217 e. The number of ketones is 1. The van der Waals surface area contributed by atoms with Crippen molar-refractivity contribution in [3.05, 3.63) is 65.2 Å². The molecule has 4 rings (SSSR count). The third-order valence-electron chi connectivity index (χ3n) is 7.45. The van der Waals surface area contributed by atoms with Crippen LogP contribution in [0.2, 0.25) is 0 Å². The second-order valence-electron chi connectivity index (χ2n) is 10.9. The van der Waals surface area contributed by atoms with Gasteiger partial charge in [-0.15, -0.1) is 0 Å². The van der Waals surface area contributed by atoms with E-state index in [1.807, 2.05) is 56.3 Å². The molecule has 0 bridgehead atoms. The molecule has 1 saturated carbocycles. The maximum Gasteiger partial charge on any atom is 0.217 e. The molecule has 6 nitrogen and oxygen atoms in total. The molecule has 35 heavy (non-hydrogen) atoms. The van der Waals surface area contributed by atoms with Crippen molar-refractivity contribution in [1.82, 2.24) is 10.6 Å². The number of rotatable bonds is 9. The lowest BCUT2D eigenvalue weighted by atomic mass is 9.70. The summed E-state index contributed by atoms with van der Waals surface area (Å²) >= 11 is 0. The summed E-state index contributed by atoms with van der Waals surface area (Å²) in [5, 5.41) is 21.2. The fourth-order valence-electron chi connectivity index (χ4n) is 5.53. The van der Waals surface area contributed by atoms with Gasteiger partial charge in [0.1, 0.15) is 0 Å². The predicted octanol–water partition coefficient (Wildman–Crippen LogP) is 4.39. The molecule has 4 N–H and O–H groups in total. The molecular weight excluding hydrogens is 438 g/mol. The van der Waals surface area contributed by atoms with E-state index < -0.39 is 17.6 Å². The van der Waals surface area contributed by atoms with Crippen molar-refractivity contribution in [2.24, 2.45) is 5.41 Å². The Hall–Kier alpha value is -2.70. The minimum absolute atomic E-state index is 0.0626. The van der Waals surface area contributed by atoms with Crippen molar-refractivity contribution < 1.29 is 14.7 Å². The number of carbonyl (C=O) groups excluding carboxylic acids is 2. The number of hydrogen-bond donors (Lipinski definition) is 4. The Morgan fingerprint density at radius 3 is 2.51 bits per heavy atom. The molecule has 6 heteroatoms. The number of hydrogen-bond acceptors (Lipinski definition) is 5. The molecule has 2 aliphatic carbocycles. The van der Waals surface area contributed by atoms with Gasteiger partial charge in [-0.25, -0.2) is 0 Å². The van der Waals surface area contributed by atoms with Crippen LogP contribution in [0.1, 0.15) is 80.4 Å². The summed E-state index contributed by atoms with van der Waals surface area (Å²) < 4.78 is 0. The van der Waals surface area contributed by atoms with Gasteiger partial charge in [-0.2, -0.15) is 0 Å². The lowest BCUT2D eigenvalue weighted by Gasteiger charge is -2.37. The molecule has 2 aliphatic rings. The van der Waals surface area contributed by atoms with Gasteiger partial charge in [0, 0.05) is 42.2 Å². The van der Waals surface area contributed by atoms with Gasteiger partial charge in [0.2, 0.25) is 5.91 Å². The summed E-state index contributed by atoms with van der Waals surface area (Å²) in [5.41, 5.74) is 3.37. The molecule has 0 unspecified atom stereocenters. The molecule has 1 amide bonds. The summed E-state index contributed by atoms with van der Waals surface area (Å²) in [7, 11) is 0. The first-order valence-corrected chi connectivity index (χ1v) is 12.9.